The molecule has 1 aliphatic heterocycles. The molecule has 7 heteroatoms. The van der Waals surface area contributed by atoms with E-state index in [1.807, 2.05) is 37.3 Å². The van der Waals surface area contributed by atoms with Crippen molar-refractivity contribution >= 4 is 5.91 Å². The fourth-order valence-corrected chi connectivity index (χ4v) is 3.23. The number of rotatable bonds is 2. The largest absolute Gasteiger partial charge is 0.456 e. The average Bonchev–Trinajstić information content (AvgIpc) is 3.17. The molecule has 128 valence electrons. The van der Waals surface area contributed by atoms with Gasteiger partial charge in [-0.05, 0) is 25.5 Å². The molecule has 3 aromatic heterocycles. The van der Waals surface area contributed by atoms with Gasteiger partial charge >= 0.3 is 0 Å². The normalized spacial score (nSPS) is 14.2. The number of fused-ring (bicyclic) bond motifs is 1. The Morgan fingerprint density at radius 3 is 2.76 bits per heavy atom. The van der Waals surface area contributed by atoms with Crippen molar-refractivity contribution in [2.45, 2.75) is 19.8 Å². The maximum atomic E-state index is 12.7. The molecule has 3 aromatic rings. The molecule has 1 amide bonds. The molecule has 0 saturated carbocycles. The van der Waals surface area contributed by atoms with Gasteiger partial charge in [0.2, 0.25) is 0 Å². The number of hydrogen-bond donors (Lipinski definition) is 0. The van der Waals surface area contributed by atoms with Gasteiger partial charge in [-0.15, -0.1) is 0 Å². The Morgan fingerprint density at radius 1 is 1.20 bits per heavy atom. The van der Waals surface area contributed by atoms with E-state index in [0.717, 1.165) is 28.3 Å². The number of aromatic nitrogens is 4. The Hall–Kier alpha value is -2.96. The molecule has 4 rings (SSSR count). The number of carbonyl (C=O) groups excluding carboxylic acids is 1. The van der Waals surface area contributed by atoms with E-state index >= 15 is 0 Å². The van der Waals surface area contributed by atoms with Crippen LogP contribution < -0.4 is 0 Å². The highest BCUT2D eigenvalue weighted by Gasteiger charge is 2.24. The van der Waals surface area contributed by atoms with Crippen LogP contribution in [-0.2, 0) is 19.9 Å². The van der Waals surface area contributed by atoms with Gasteiger partial charge in [-0.1, -0.05) is 0 Å². The predicted molar refractivity (Wildman–Crippen MR) is 91.0 cm³/mol. The number of aryl methyl sites for hydroxylation is 2. The third kappa shape index (κ3) is 2.93. The van der Waals surface area contributed by atoms with E-state index in [1.54, 1.807) is 17.1 Å². The Labute approximate surface area is 145 Å². The third-order valence-corrected chi connectivity index (χ3v) is 4.50. The molecule has 1 aliphatic rings. The molecule has 0 bridgehead atoms. The van der Waals surface area contributed by atoms with Crippen molar-refractivity contribution in [1.82, 2.24) is 24.6 Å². The van der Waals surface area contributed by atoms with Gasteiger partial charge in [0.25, 0.3) is 5.91 Å². The molecule has 0 saturated heterocycles. The molecule has 4 heterocycles. The van der Waals surface area contributed by atoms with E-state index in [9.17, 15) is 4.79 Å². The second-order valence-electron chi connectivity index (χ2n) is 6.25. The van der Waals surface area contributed by atoms with Crippen molar-refractivity contribution in [3.05, 3.63) is 53.6 Å². The second-order valence-corrected chi connectivity index (χ2v) is 6.25. The maximum absolute atomic E-state index is 12.7. The van der Waals surface area contributed by atoms with Crippen molar-refractivity contribution in [3.8, 4) is 11.3 Å². The van der Waals surface area contributed by atoms with Crippen molar-refractivity contribution in [2.24, 2.45) is 7.05 Å². The fourth-order valence-electron chi connectivity index (χ4n) is 3.23. The summed E-state index contributed by atoms with van der Waals surface area (Å²) in [6, 6.07) is 3.54. The number of furan rings is 1. The molecular weight excluding hydrogens is 318 g/mol. The van der Waals surface area contributed by atoms with Gasteiger partial charge in [-0.3, -0.25) is 9.48 Å². The summed E-state index contributed by atoms with van der Waals surface area (Å²) in [7, 11) is 1.88. The second kappa shape index (κ2) is 6.16. The van der Waals surface area contributed by atoms with Crippen LogP contribution in [0.5, 0.6) is 0 Å². The first-order valence-electron chi connectivity index (χ1n) is 8.29. The van der Waals surface area contributed by atoms with Crippen LogP contribution in [-0.4, -0.2) is 43.6 Å². The van der Waals surface area contributed by atoms with Crippen LogP contribution in [0.3, 0.4) is 0 Å². The summed E-state index contributed by atoms with van der Waals surface area (Å²) in [4.78, 5) is 23.4. The number of amides is 1. The van der Waals surface area contributed by atoms with E-state index in [-0.39, 0.29) is 5.91 Å². The van der Waals surface area contributed by atoms with Crippen LogP contribution in [0.1, 0.15) is 27.6 Å². The molecule has 0 fully saturated rings. The molecule has 0 atom stereocenters. The predicted octanol–water partition coefficient (Wildman–Crippen LogP) is 2.02. The maximum Gasteiger partial charge on any atom is 0.289 e. The molecule has 25 heavy (non-hydrogen) atoms. The lowest BCUT2D eigenvalue weighted by Crippen LogP contribution is -2.33. The van der Waals surface area contributed by atoms with E-state index < -0.39 is 0 Å². The van der Waals surface area contributed by atoms with E-state index in [2.05, 4.69) is 15.1 Å². The van der Waals surface area contributed by atoms with Crippen LogP contribution in [0.2, 0.25) is 0 Å². The molecule has 0 aromatic carbocycles. The molecule has 0 spiro atoms. The van der Waals surface area contributed by atoms with Gasteiger partial charge in [0.05, 0.1) is 11.9 Å². The number of hydrogen-bond acceptors (Lipinski definition) is 5. The minimum absolute atomic E-state index is 0.0724. The lowest BCUT2D eigenvalue weighted by atomic mass is 10.0. The SMILES string of the molecule is Cc1ccc(C(=O)N2CCc3ncnc(-c4cnn(C)c4)c3CC2)o1. The Kier molecular flexibility index (Phi) is 3.83. The first-order chi connectivity index (χ1) is 12.1. The summed E-state index contributed by atoms with van der Waals surface area (Å²) < 4.78 is 7.24. The van der Waals surface area contributed by atoms with Gasteiger partial charge in [-0.2, -0.15) is 5.10 Å². The van der Waals surface area contributed by atoms with E-state index in [4.69, 9.17) is 4.42 Å². The molecule has 0 N–H and O–H groups in total. The quantitative estimate of drug-likeness (QED) is 0.715. The van der Waals surface area contributed by atoms with Gasteiger partial charge in [0, 0.05) is 49.6 Å². The van der Waals surface area contributed by atoms with Crippen LogP contribution in [0.25, 0.3) is 11.3 Å². The van der Waals surface area contributed by atoms with Crippen LogP contribution in [0.15, 0.2) is 35.3 Å². The first-order valence-corrected chi connectivity index (χ1v) is 8.29. The summed E-state index contributed by atoms with van der Waals surface area (Å²) >= 11 is 0. The molecular formula is C18H19N5O2. The zero-order valence-corrected chi connectivity index (χ0v) is 14.3. The first kappa shape index (κ1) is 15.6. The van der Waals surface area contributed by atoms with Crippen LogP contribution in [0.4, 0.5) is 0 Å². The topological polar surface area (TPSA) is 77.1 Å². The monoisotopic (exact) mass is 337 g/mol. The van der Waals surface area contributed by atoms with Crippen LogP contribution in [0, 0.1) is 6.92 Å². The lowest BCUT2D eigenvalue weighted by Gasteiger charge is -2.18. The van der Waals surface area contributed by atoms with Crippen molar-refractivity contribution in [1.29, 1.82) is 0 Å². The van der Waals surface area contributed by atoms with Gasteiger partial charge in [-0.25, -0.2) is 9.97 Å². The summed E-state index contributed by atoms with van der Waals surface area (Å²) in [6.45, 7) is 3.08. The van der Waals surface area contributed by atoms with Crippen molar-refractivity contribution in [3.63, 3.8) is 0 Å². The zero-order chi connectivity index (χ0) is 17.4. The Morgan fingerprint density at radius 2 is 2.04 bits per heavy atom. The van der Waals surface area contributed by atoms with Crippen molar-refractivity contribution < 1.29 is 9.21 Å². The van der Waals surface area contributed by atoms with E-state index in [1.165, 1.54) is 0 Å². The summed E-state index contributed by atoms with van der Waals surface area (Å²) in [6.07, 6.45) is 6.76. The minimum atomic E-state index is -0.0724. The highest BCUT2D eigenvalue weighted by molar-refractivity contribution is 5.91. The standard InChI is InChI=1S/C18H19N5O2/c1-12-3-4-16(25-12)18(24)23-7-5-14-15(6-8-23)19-11-20-17(14)13-9-21-22(2)10-13/h3-4,9-11H,5-8H2,1-2H3. The third-order valence-electron chi connectivity index (χ3n) is 4.50. The van der Waals surface area contributed by atoms with Gasteiger partial charge in [0.1, 0.15) is 12.1 Å². The van der Waals surface area contributed by atoms with Gasteiger partial charge < -0.3 is 9.32 Å². The molecule has 0 aliphatic carbocycles. The zero-order valence-electron chi connectivity index (χ0n) is 14.3. The lowest BCUT2D eigenvalue weighted by molar-refractivity contribution is 0.0729. The Balaban J connectivity index is 1.61. The average molecular weight is 337 g/mol. The van der Waals surface area contributed by atoms with Gasteiger partial charge in [0.15, 0.2) is 5.76 Å². The molecule has 7 nitrogen and oxygen atoms in total. The van der Waals surface area contributed by atoms with Crippen molar-refractivity contribution in [2.75, 3.05) is 13.1 Å². The molecule has 0 radical (unpaired) electrons. The number of carbonyl (C=O) groups is 1. The molecule has 0 unspecified atom stereocenters. The Bertz CT molecular complexity index is 927. The summed E-state index contributed by atoms with van der Waals surface area (Å²) in [5.74, 6) is 1.06. The van der Waals surface area contributed by atoms with E-state index in [0.29, 0.717) is 31.7 Å². The van der Waals surface area contributed by atoms with Crippen LogP contribution >= 0.6 is 0 Å². The summed E-state index contributed by atoms with van der Waals surface area (Å²) in [5.41, 5.74) is 3.98. The smallest absolute Gasteiger partial charge is 0.289 e. The minimum Gasteiger partial charge on any atom is -0.456 e. The fraction of sp³-hybridized carbons (Fsp3) is 0.333. The highest BCUT2D eigenvalue weighted by Crippen LogP contribution is 2.25. The number of nitrogens with zero attached hydrogens (tertiary/aromatic N) is 5. The summed E-state index contributed by atoms with van der Waals surface area (Å²) in [5, 5.41) is 4.23. The highest BCUT2D eigenvalue weighted by atomic mass is 16.3.